The summed E-state index contributed by atoms with van der Waals surface area (Å²) < 4.78 is 0. The van der Waals surface area contributed by atoms with Gasteiger partial charge in [0.15, 0.2) is 5.17 Å². The van der Waals surface area contributed by atoms with Crippen molar-refractivity contribution >= 4 is 52.3 Å². The van der Waals surface area contributed by atoms with Crippen LogP contribution in [0.1, 0.15) is 11.1 Å². The van der Waals surface area contributed by atoms with Gasteiger partial charge in [0, 0.05) is 0 Å². The van der Waals surface area contributed by atoms with E-state index in [1.807, 2.05) is 36.4 Å². The Hall–Kier alpha value is -1.82. The van der Waals surface area contributed by atoms with Crippen molar-refractivity contribution in [3.05, 3.63) is 69.7 Å². The second kappa shape index (κ2) is 7.83. The van der Waals surface area contributed by atoms with Crippen LogP contribution in [0.2, 0.25) is 10.0 Å². The molecule has 1 aliphatic rings. The molecule has 1 amide bonds. The van der Waals surface area contributed by atoms with Gasteiger partial charge in [-0.05, 0) is 29.7 Å². The quantitative estimate of drug-likeness (QED) is 0.642. The van der Waals surface area contributed by atoms with Gasteiger partial charge >= 0.3 is 0 Å². The molecule has 0 radical (unpaired) electrons. The Kier molecular flexibility index (Phi) is 5.56. The summed E-state index contributed by atoms with van der Waals surface area (Å²) in [6.07, 6.45) is 2.20. The molecule has 0 aliphatic carbocycles. The third-order valence-electron chi connectivity index (χ3n) is 3.34. The predicted molar refractivity (Wildman–Crippen MR) is 101 cm³/mol. The summed E-state index contributed by atoms with van der Waals surface area (Å²) in [6.45, 7) is 0. The minimum absolute atomic E-state index is 0.0836. The molecule has 1 N–H and O–H groups in total. The van der Waals surface area contributed by atoms with E-state index in [-0.39, 0.29) is 11.2 Å². The van der Waals surface area contributed by atoms with Crippen molar-refractivity contribution in [1.82, 2.24) is 5.32 Å². The molecule has 122 valence electrons. The van der Waals surface area contributed by atoms with Crippen molar-refractivity contribution in [3.8, 4) is 0 Å². The van der Waals surface area contributed by atoms with Crippen LogP contribution in [-0.2, 0) is 11.2 Å². The Morgan fingerprint density at radius 3 is 2.67 bits per heavy atom. The standard InChI is InChI=1S/C17H13Cl2N3OS/c18-13-7-6-12(8-14(13)19)9-15-16(23)21-17(24-15)22-20-10-11-4-2-1-3-5-11/h1-8,10,15H,9H2,(H,21,22,23)/b20-10+. The van der Waals surface area contributed by atoms with Gasteiger partial charge < -0.3 is 5.32 Å². The molecular formula is C17H13Cl2N3OS. The summed E-state index contributed by atoms with van der Waals surface area (Å²) in [5.74, 6) is -0.0836. The Labute approximate surface area is 154 Å². The first kappa shape index (κ1) is 17.0. The molecule has 1 aliphatic heterocycles. The van der Waals surface area contributed by atoms with Gasteiger partial charge in [-0.2, -0.15) is 5.10 Å². The van der Waals surface area contributed by atoms with Crippen molar-refractivity contribution in [2.24, 2.45) is 10.2 Å². The Morgan fingerprint density at radius 1 is 1.12 bits per heavy atom. The lowest BCUT2D eigenvalue weighted by molar-refractivity contribution is -0.118. The van der Waals surface area contributed by atoms with E-state index in [0.29, 0.717) is 21.6 Å². The molecule has 1 unspecified atom stereocenters. The molecule has 3 rings (SSSR count). The number of amidine groups is 1. The van der Waals surface area contributed by atoms with Crippen LogP contribution in [0.15, 0.2) is 58.7 Å². The number of nitrogens with one attached hydrogen (secondary N) is 1. The van der Waals surface area contributed by atoms with E-state index in [4.69, 9.17) is 23.2 Å². The second-order valence-electron chi connectivity index (χ2n) is 5.11. The Balaban J connectivity index is 1.63. The first-order valence-electron chi connectivity index (χ1n) is 7.19. The van der Waals surface area contributed by atoms with E-state index in [0.717, 1.165) is 11.1 Å². The van der Waals surface area contributed by atoms with Crippen molar-refractivity contribution < 1.29 is 4.79 Å². The molecule has 7 heteroatoms. The number of carbonyl (C=O) groups excluding carboxylic acids is 1. The number of hydrogen-bond acceptors (Lipinski definition) is 4. The summed E-state index contributed by atoms with van der Waals surface area (Å²) in [5, 5.41) is 12.0. The van der Waals surface area contributed by atoms with Crippen LogP contribution in [0.5, 0.6) is 0 Å². The van der Waals surface area contributed by atoms with Gasteiger partial charge in [-0.1, -0.05) is 71.4 Å². The van der Waals surface area contributed by atoms with E-state index in [1.54, 1.807) is 18.3 Å². The van der Waals surface area contributed by atoms with Gasteiger partial charge in [0.05, 0.1) is 21.5 Å². The van der Waals surface area contributed by atoms with E-state index in [2.05, 4.69) is 15.5 Å². The molecule has 1 heterocycles. The smallest absolute Gasteiger partial charge is 0.239 e. The highest BCUT2D eigenvalue weighted by atomic mass is 35.5. The zero-order chi connectivity index (χ0) is 16.9. The van der Waals surface area contributed by atoms with Gasteiger partial charge in [0.25, 0.3) is 0 Å². The highest BCUT2D eigenvalue weighted by Gasteiger charge is 2.30. The summed E-state index contributed by atoms with van der Waals surface area (Å²) in [6, 6.07) is 15.0. The average Bonchev–Trinajstić information content (AvgIpc) is 2.92. The fraction of sp³-hybridized carbons (Fsp3) is 0.118. The van der Waals surface area contributed by atoms with Gasteiger partial charge in [0.1, 0.15) is 0 Å². The Morgan fingerprint density at radius 2 is 1.92 bits per heavy atom. The fourth-order valence-electron chi connectivity index (χ4n) is 2.15. The Bertz CT molecular complexity index is 809. The zero-order valence-electron chi connectivity index (χ0n) is 12.4. The number of benzene rings is 2. The molecule has 0 saturated carbocycles. The maximum absolute atomic E-state index is 12.1. The number of amides is 1. The maximum atomic E-state index is 12.1. The van der Waals surface area contributed by atoms with Crippen LogP contribution in [0.4, 0.5) is 0 Å². The lowest BCUT2D eigenvalue weighted by Crippen LogP contribution is -2.25. The van der Waals surface area contributed by atoms with Crippen LogP contribution in [0.25, 0.3) is 0 Å². The summed E-state index contributed by atoms with van der Waals surface area (Å²) >= 11 is 13.3. The molecule has 1 atom stereocenters. The second-order valence-corrected chi connectivity index (χ2v) is 7.11. The van der Waals surface area contributed by atoms with E-state index in [1.165, 1.54) is 11.8 Å². The minimum atomic E-state index is -0.257. The first-order valence-corrected chi connectivity index (χ1v) is 8.83. The number of nitrogens with zero attached hydrogens (tertiary/aromatic N) is 2. The van der Waals surface area contributed by atoms with Crippen LogP contribution in [0, 0.1) is 0 Å². The minimum Gasteiger partial charge on any atom is -0.303 e. The molecule has 24 heavy (non-hydrogen) atoms. The highest BCUT2D eigenvalue weighted by Crippen LogP contribution is 2.27. The molecule has 0 spiro atoms. The monoisotopic (exact) mass is 377 g/mol. The van der Waals surface area contributed by atoms with E-state index >= 15 is 0 Å². The number of halogens is 2. The van der Waals surface area contributed by atoms with Crippen LogP contribution in [0.3, 0.4) is 0 Å². The summed E-state index contributed by atoms with van der Waals surface area (Å²) in [4.78, 5) is 12.1. The normalized spacial score (nSPS) is 19.2. The van der Waals surface area contributed by atoms with E-state index < -0.39 is 0 Å². The van der Waals surface area contributed by atoms with Gasteiger partial charge in [0.2, 0.25) is 5.91 Å². The molecule has 2 aromatic carbocycles. The lowest BCUT2D eigenvalue weighted by Gasteiger charge is -2.06. The molecule has 4 nitrogen and oxygen atoms in total. The lowest BCUT2D eigenvalue weighted by atomic mass is 10.1. The van der Waals surface area contributed by atoms with Crippen LogP contribution >= 0.6 is 35.0 Å². The average molecular weight is 378 g/mol. The third kappa shape index (κ3) is 4.38. The first-order chi connectivity index (χ1) is 11.6. The van der Waals surface area contributed by atoms with Crippen molar-refractivity contribution in [3.63, 3.8) is 0 Å². The zero-order valence-corrected chi connectivity index (χ0v) is 14.8. The van der Waals surface area contributed by atoms with Crippen molar-refractivity contribution in [2.75, 3.05) is 0 Å². The third-order valence-corrected chi connectivity index (χ3v) is 5.15. The van der Waals surface area contributed by atoms with Crippen molar-refractivity contribution in [2.45, 2.75) is 11.7 Å². The van der Waals surface area contributed by atoms with Gasteiger partial charge in [-0.3, -0.25) is 4.79 Å². The van der Waals surface area contributed by atoms with E-state index in [9.17, 15) is 4.79 Å². The van der Waals surface area contributed by atoms with Gasteiger partial charge in [-0.15, -0.1) is 5.10 Å². The number of hydrogen-bond donors (Lipinski definition) is 1. The van der Waals surface area contributed by atoms with Gasteiger partial charge in [-0.25, -0.2) is 0 Å². The fourth-order valence-corrected chi connectivity index (χ4v) is 3.44. The summed E-state index contributed by atoms with van der Waals surface area (Å²) in [7, 11) is 0. The SMILES string of the molecule is O=C1N/C(=N/N=C/c2ccccc2)SC1Cc1ccc(Cl)c(Cl)c1. The maximum Gasteiger partial charge on any atom is 0.239 e. The molecule has 0 aromatic heterocycles. The highest BCUT2D eigenvalue weighted by molar-refractivity contribution is 8.15. The molecule has 1 saturated heterocycles. The largest absolute Gasteiger partial charge is 0.303 e. The number of carbonyl (C=O) groups is 1. The number of rotatable bonds is 4. The topological polar surface area (TPSA) is 53.8 Å². The number of thioether (sulfide) groups is 1. The molecular weight excluding hydrogens is 365 g/mol. The van der Waals surface area contributed by atoms with Crippen LogP contribution < -0.4 is 5.32 Å². The molecule has 0 bridgehead atoms. The summed E-state index contributed by atoms with van der Waals surface area (Å²) in [5.41, 5.74) is 1.90. The van der Waals surface area contributed by atoms with Crippen molar-refractivity contribution in [1.29, 1.82) is 0 Å². The van der Waals surface area contributed by atoms with Crippen LogP contribution in [-0.4, -0.2) is 22.5 Å². The molecule has 1 fully saturated rings. The predicted octanol–water partition coefficient (Wildman–Crippen LogP) is 4.16. The molecule has 2 aromatic rings.